The molecule has 22 heavy (non-hydrogen) atoms. The van der Waals surface area contributed by atoms with E-state index in [2.05, 4.69) is 15.6 Å². The zero-order valence-corrected chi connectivity index (χ0v) is 15.6. The van der Waals surface area contributed by atoms with Gasteiger partial charge in [-0.1, -0.05) is 6.07 Å². The molecule has 0 aromatic heterocycles. The van der Waals surface area contributed by atoms with Gasteiger partial charge in [0.05, 0.1) is 13.2 Å². The highest BCUT2D eigenvalue weighted by molar-refractivity contribution is 14.0. The second-order valence-electron chi connectivity index (χ2n) is 4.46. The molecule has 0 spiro atoms. The Kier molecular flexibility index (Phi) is 11.8. The summed E-state index contributed by atoms with van der Waals surface area (Å²) >= 11 is 0. The lowest BCUT2D eigenvalue weighted by Crippen LogP contribution is -2.42. The minimum atomic E-state index is -0.305. The molecule has 0 saturated heterocycles. The highest BCUT2D eigenvalue weighted by Gasteiger charge is 2.06. The third kappa shape index (κ3) is 9.04. The molecule has 126 valence electrons. The van der Waals surface area contributed by atoms with Crippen LogP contribution in [0.1, 0.15) is 13.8 Å². The van der Waals surface area contributed by atoms with Gasteiger partial charge in [-0.15, -0.1) is 24.0 Å². The maximum absolute atomic E-state index is 13.1. The summed E-state index contributed by atoms with van der Waals surface area (Å²) in [6.45, 7) is 6.44. The minimum Gasteiger partial charge on any atom is -0.489 e. The third-order valence-electron chi connectivity index (χ3n) is 2.66. The van der Waals surface area contributed by atoms with Crippen molar-refractivity contribution in [3.63, 3.8) is 0 Å². The first-order chi connectivity index (χ1) is 10.2. The molecule has 0 aliphatic carbocycles. The van der Waals surface area contributed by atoms with Crippen LogP contribution in [-0.2, 0) is 4.74 Å². The lowest BCUT2D eigenvalue weighted by molar-refractivity contribution is 0.152. The van der Waals surface area contributed by atoms with E-state index in [1.54, 1.807) is 19.2 Å². The number of rotatable bonds is 8. The van der Waals surface area contributed by atoms with Crippen LogP contribution in [0.4, 0.5) is 4.39 Å². The molecule has 2 N–H and O–H groups in total. The van der Waals surface area contributed by atoms with Crippen molar-refractivity contribution in [2.45, 2.75) is 20.0 Å². The molecule has 0 radical (unpaired) electrons. The van der Waals surface area contributed by atoms with Gasteiger partial charge in [0.1, 0.15) is 17.7 Å². The lowest BCUT2D eigenvalue weighted by atomic mass is 10.3. The van der Waals surface area contributed by atoms with Crippen molar-refractivity contribution in [1.82, 2.24) is 10.6 Å². The van der Waals surface area contributed by atoms with Crippen molar-refractivity contribution in [2.24, 2.45) is 4.99 Å². The summed E-state index contributed by atoms with van der Waals surface area (Å²) in [6, 6.07) is 6.11. The van der Waals surface area contributed by atoms with Crippen LogP contribution in [0.25, 0.3) is 0 Å². The molecule has 1 rings (SSSR count). The van der Waals surface area contributed by atoms with E-state index in [0.717, 1.165) is 0 Å². The van der Waals surface area contributed by atoms with Gasteiger partial charge in [-0.3, -0.25) is 4.99 Å². The van der Waals surface area contributed by atoms with Gasteiger partial charge in [-0.2, -0.15) is 0 Å². The predicted molar refractivity (Wildman–Crippen MR) is 97.8 cm³/mol. The van der Waals surface area contributed by atoms with E-state index in [9.17, 15) is 4.39 Å². The first-order valence-corrected chi connectivity index (χ1v) is 7.10. The monoisotopic (exact) mass is 425 g/mol. The van der Waals surface area contributed by atoms with Crippen LogP contribution < -0.4 is 15.4 Å². The summed E-state index contributed by atoms with van der Waals surface area (Å²) in [6.07, 6.45) is -0.114. The summed E-state index contributed by atoms with van der Waals surface area (Å²) in [5, 5.41) is 6.28. The Hall–Kier alpha value is -1.09. The van der Waals surface area contributed by atoms with E-state index in [0.29, 0.717) is 38.0 Å². The molecule has 5 nitrogen and oxygen atoms in total. The molecule has 1 aromatic carbocycles. The fraction of sp³-hybridized carbons (Fsp3) is 0.533. The standard InChI is InChI=1S/C15H24FN3O2.HI/c1-4-20-9-8-18-15(17-3)19-11-12(2)21-14-7-5-6-13(16)10-14;/h5-7,10,12H,4,8-9,11H2,1-3H3,(H2,17,18,19);1H. The van der Waals surface area contributed by atoms with Crippen molar-refractivity contribution in [1.29, 1.82) is 0 Å². The summed E-state index contributed by atoms with van der Waals surface area (Å²) in [4.78, 5) is 4.10. The molecule has 0 bridgehead atoms. The average Bonchev–Trinajstić information content (AvgIpc) is 2.46. The van der Waals surface area contributed by atoms with Gasteiger partial charge >= 0.3 is 0 Å². The van der Waals surface area contributed by atoms with Crippen LogP contribution in [0.15, 0.2) is 29.3 Å². The topological polar surface area (TPSA) is 54.9 Å². The smallest absolute Gasteiger partial charge is 0.191 e. The van der Waals surface area contributed by atoms with Gasteiger partial charge in [0.2, 0.25) is 0 Å². The number of ether oxygens (including phenoxy) is 2. The molecule has 0 saturated carbocycles. The van der Waals surface area contributed by atoms with Crippen LogP contribution in [0.2, 0.25) is 0 Å². The van der Waals surface area contributed by atoms with Crippen LogP contribution in [0.3, 0.4) is 0 Å². The lowest BCUT2D eigenvalue weighted by Gasteiger charge is -2.17. The van der Waals surface area contributed by atoms with Crippen molar-refractivity contribution >= 4 is 29.9 Å². The number of guanidine groups is 1. The van der Waals surface area contributed by atoms with E-state index in [1.807, 2.05) is 13.8 Å². The Morgan fingerprint density at radius 2 is 2.14 bits per heavy atom. The normalized spacial score (nSPS) is 12.3. The Labute approximate surface area is 148 Å². The SMILES string of the molecule is CCOCCNC(=NC)NCC(C)Oc1cccc(F)c1.I. The average molecular weight is 425 g/mol. The summed E-state index contributed by atoms with van der Waals surface area (Å²) in [7, 11) is 1.70. The second-order valence-corrected chi connectivity index (χ2v) is 4.46. The molecule has 1 unspecified atom stereocenters. The molecule has 0 aliphatic heterocycles. The van der Waals surface area contributed by atoms with Gasteiger partial charge < -0.3 is 20.1 Å². The molecular weight excluding hydrogens is 400 g/mol. The van der Waals surface area contributed by atoms with E-state index in [4.69, 9.17) is 9.47 Å². The first-order valence-electron chi connectivity index (χ1n) is 7.10. The van der Waals surface area contributed by atoms with E-state index >= 15 is 0 Å². The third-order valence-corrected chi connectivity index (χ3v) is 2.66. The Morgan fingerprint density at radius 3 is 2.77 bits per heavy atom. The van der Waals surface area contributed by atoms with Crippen molar-refractivity contribution < 1.29 is 13.9 Å². The fourth-order valence-electron chi connectivity index (χ4n) is 1.66. The van der Waals surface area contributed by atoms with Gasteiger partial charge in [-0.25, -0.2) is 4.39 Å². The molecule has 1 aromatic rings. The number of nitrogens with one attached hydrogen (secondary N) is 2. The first kappa shape index (κ1) is 20.9. The molecular formula is C15H25FIN3O2. The number of halogens is 2. The predicted octanol–water partition coefficient (Wildman–Crippen LogP) is 2.41. The zero-order chi connectivity index (χ0) is 15.5. The molecule has 0 amide bonds. The van der Waals surface area contributed by atoms with Crippen LogP contribution in [0, 0.1) is 5.82 Å². The van der Waals surface area contributed by atoms with Gasteiger partial charge in [0, 0.05) is 26.3 Å². The van der Waals surface area contributed by atoms with Crippen molar-refractivity contribution in [3.8, 4) is 5.75 Å². The fourth-order valence-corrected chi connectivity index (χ4v) is 1.66. The van der Waals surface area contributed by atoms with Gasteiger partial charge in [-0.05, 0) is 26.0 Å². The van der Waals surface area contributed by atoms with E-state index < -0.39 is 0 Å². The number of benzene rings is 1. The van der Waals surface area contributed by atoms with Crippen molar-refractivity contribution in [2.75, 3.05) is 33.4 Å². The van der Waals surface area contributed by atoms with Crippen LogP contribution >= 0.6 is 24.0 Å². The second kappa shape index (κ2) is 12.5. The molecule has 0 heterocycles. The number of hydrogen-bond donors (Lipinski definition) is 2. The number of nitrogens with zero attached hydrogens (tertiary/aromatic N) is 1. The molecule has 1 atom stereocenters. The molecule has 7 heteroatoms. The van der Waals surface area contributed by atoms with E-state index in [1.165, 1.54) is 12.1 Å². The van der Waals surface area contributed by atoms with Gasteiger partial charge in [0.15, 0.2) is 5.96 Å². The molecule has 0 fully saturated rings. The quantitative estimate of drug-likeness (QED) is 0.291. The van der Waals surface area contributed by atoms with Crippen molar-refractivity contribution in [3.05, 3.63) is 30.1 Å². The van der Waals surface area contributed by atoms with Crippen LogP contribution in [-0.4, -0.2) is 45.4 Å². The maximum Gasteiger partial charge on any atom is 0.191 e. The van der Waals surface area contributed by atoms with Crippen LogP contribution in [0.5, 0.6) is 5.75 Å². The Balaban J connectivity index is 0.00000441. The Morgan fingerprint density at radius 1 is 1.36 bits per heavy atom. The number of aliphatic imine (C=N–C) groups is 1. The number of hydrogen-bond acceptors (Lipinski definition) is 3. The summed E-state index contributed by atoms with van der Waals surface area (Å²) < 4.78 is 23.9. The Bertz CT molecular complexity index is 447. The van der Waals surface area contributed by atoms with Gasteiger partial charge in [0.25, 0.3) is 0 Å². The zero-order valence-electron chi connectivity index (χ0n) is 13.3. The summed E-state index contributed by atoms with van der Waals surface area (Å²) in [5.41, 5.74) is 0. The molecule has 0 aliphatic rings. The highest BCUT2D eigenvalue weighted by Crippen LogP contribution is 2.13. The highest BCUT2D eigenvalue weighted by atomic mass is 127. The summed E-state index contributed by atoms with van der Waals surface area (Å²) in [5.74, 6) is 0.897. The maximum atomic E-state index is 13.1. The van der Waals surface area contributed by atoms with E-state index in [-0.39, 0.29) is 35.9 Å². The minimum absolute atomic E-state index is 0. The largest absolute Gasteiger partial charge is 0.489 e.